The molecule has 0 fully saturated rings. The molecule has 0 aliphatic carbocycles. The number of carbonyl (C=O) groups is 1. The quantitative estimate of drug-likeness (QED) is 0.729. The summed E-state index contributed by atoms with van der Waals surface area (Å²) in [5, 5.41) is 1.04. The van der Waals surface area contributed by atoms with E-state index in [0.29, 0.717) is 25.4 Å². The number of rotatable bonds is 3. The van der Waals surface area contributed by atoms with Crippen molar-refractivity contribution in [3.05, 3.63) is 59.5 Å². The minimum absolute atomic E-state index is 0.0291. The molecule has 0 N–H and O–H groups in total. The molecule has 4 rings (SSSR count). The lowest BCUT2D eigenvalue weighted by atomic mass is 10.1. The molecule has 3 aromatic rings. The lowest BCUT2D eigenvalue weighted by Crippen LogP contribution is -2.38. The molecule has 1 aliphatic rings. The fourth-order valence-corrected chi connectivity index (χ4v) is 3.18. The Bertz CT molecular complexity index is 932. The van der Waals surface area contributed by atoms with E-state index in [9.17, 15) is 4.79 Å². The van der Waals surface area contributed by atoms with E-state index in [-0.39, 0.29) is 5.91 Å². The molecule has 25 heavy (non-hydrogen) atoms. The molecule has 0 saturated carbocycles. The van der Waals surface area contributed by atoms with Crippen molar-refractivity contribution in [3.63, 3.8) is 0 Å². The topological polar surface area (TPSA) is 55.6 Å². The van der Waals surface area contributed by atoms with Crippen molar-refractivity contribution < 1.29 is 13.9 Å². The summed E-state index contributed by atoms with van der Waals surface area (Å²) < 4.78 is 11.6. The zero-order valence-electron chi connectivity index (χ0n) is 14.4. The predicted molar refractivity (Wildman–Crippen MR) is 94.1 cm³/mol. The highest BCUT2D eigenvalue weighted by molar-refractivity contribution is 5.84. The van der Waals surface area contributed by atoms with Crippen LogP contribution in [0.1, 0.15) is 30.4 Å². The second kappa shape index (κ2) is 6.24. The van der Waals surface area contributed by atoms with E-state index in [1.165, 1.54) is 0 Å². The number of hydrogen-bond acceptors (Lipinski definition) is 4. The largest absolute Gasteiger partial charge is 0.464 e. The second-order valence-electron chi connectivity index (χ2n) is 6.37. The highest BCUT2D eigenvalue weighted by Crippen LogP contribution is 2.29. The van der Waals surface area contributed by atoms with Crippen molar-refractivity contribution in [2.45, 2.75) is 39.5 Å². The first kappa shape index (κ1) is 15.7. The van der Waals surface area contributed by atoms with Crippen LogP contribution < -0.4 is 4.74 Å². The number of hydrogen-bond donors (Lipinski definition) is 0. The summed E-state index contributed by atoms with van der Waals surface area (Å²) in [5.41, 5.74) is 1.80. The molecule has 0 radical (unpaired) electrons. The minimum Gasteiger partial charge on any atom is -0.464 e. The monoisotopic (exact) mass is 336 g/mol. The third-order valence-corrected chi connectivity index (χ3v) is 4.48. The fraction of sp³-hybridized carbons (Fsp3) is 0.300. The first-order valence-electron chi connectivity index (χ1n) is 8.53. The molecule has 0 spiro atoms. The van der Waals surface area contributed by atoms with Gasteiger partial charge in [0.2, 0.25) is 5.88 Å². The number of amides is 1. The van der Waals surface area contributed by atoms with Crippen molar-refractivity contribution >= 4 is 16.8 Å². The number of aromatic nitrogens is 1. The van der Waals surface area contributed by atoms with E-state index in [1.54, 1.807) is 4.90 Å². The summed E-state index contributed by atoms with van der Waals surface area (Å²) in [6.45, 7) is 4.74. The van der Waals surface area contributed by atoms with Crippen molar-refractivity contribution in [2.24, 2.45) is 0 Å². The molecule has 0 saturated heterocycles. The summed E-state index contributed by atoms with van der Waals surface area (Å²) >= 11 is 0. The summed E-state index contributed by atoms with van der Waals surface area (Å²) in [4.78, 5) is 19.3. The van der Waals surface area contributed by atoms with Crippen LogP contribution in [0.4, 0.5) is 0 Å². The van der Waals surface area contributed by atoms with E-state index < -0.39 is 6.10 Å². The number of pyridine rings is 1. The highest BCUT2D eigenvalue weighted by atomic mass is 16.5. The Labute approximate surface area is 146 Å². The van der Waals surface area contributed by atoms with Crippen LogP contribution in [0.2, 0.25) is 0 Å². The average Bonchev–Trinajstić information content (AvgIpc) is 2.97. The van der Waals surface area contributed by atoms with E-state index in [0.717, 1.165) is 28.0 Å². The standard InChI is InChI=1S/C20H20N2O3/c1-3-18-20(23)22(12-16-9-8-13(2)24-16)11-15-10-14-6-4-5-7-17(14)21-19(15)25-18/h4-10,18H,3,11-12H2,1-2H3/t18-/m0/s1. The Hall–Kier alpha value is -2.82. The summed E-state index contributed by atoms with van der Waals surface area (Å²) in [5.74, 6) is 2.14. The third kappa shape index (κ3) is 2.97. The van der Waals surface area contributed by atoms with E-state index in [4.69, 9.17) is 9.15 Å². The molecule has 5 nitrogen and oxygen atoms in total. The number of aryl methyl sites for hydroxylation is 1. The summed E-state index contributed by atoms with van der Waals surface area (Å²) in [6, 6.07) is 13.8. The van der Waals surface area contributed by atoms with Gasteiger partial charge in [-0.15, -0.1) is 0 Å². The molecule has 0 unspecified atom stereocenters. The number of fused-ring (bicyclic) bond motifs is 2. The van der Waals surface area contributed by atoms with Gasteiger partial charge in [0.25, 0.3) is 5.91 Å². The number of ether oxygens (including phenoxy) is 1. The summed E-state index contributed by atoms with van der Waals surface area (Å²) in [7, 11) is 0. The SMILES string of the molecule is CC[C@@H]1Oc2nc3ccccc3cc2CN(Cc2ccc(C)o2)C1=O. The van der Waals surface area contributed by atoms with Gasteiger partial charge >= 0.3 is 0 Å². The van der Waals surface area contributed by atoms with Gasteiger partial charge < -0.3 is 14.1 Å². The molecular formula is C20H20N2O3. The fourth-order valence-electron chi connectivity index (χ4n) is 3.18. The number of para-hydroxylation sites is 1. The molecule has 2 aromatic heterocycles. The van der Waals surface area contributed by atoms with Crippen LogP contribution in [-0.4, -0.2) is 21.9 Å². The van der Waals surface area contributed by atoms with Gasteiger partial charge in [-0.1, -0.05) is 25.1 Å². The molecule has 3 heterocycles. The maximum Gasteiger partial charge on any atom is 0.264 e. The van der Waals surface area contributed by atoms with Gasteiger partial charge in [0, 0.05) is 10.9 Å². The van der Waals surface area contributed by atoms with Gasteiger partial charge in [-0.3, -0.25) is 4.79 Å². The van der Waals surface area contributed by atoms with Gasteiger partial charge in [-0.25, -0.2) is 4.98 Å². The lowest BCUT2D eigenvalue weighted by molar-refractivity contribution is -0.139. The van der Waals surface area contributed by atoms with E-state index in [1.807, 2.05) is 50.2 Å². The Balaban J connectivity index is 1.73. The highest BCUT2D eigenvalue weighted by Gasteiger charge is 2.31. The number of carbonyl (C=O) groups excluding carboxylic acids is 1. The third-order valence-electron chi connectivity index (χ3n) is 4.48. The molecule has 128 valence electrons. The molecular weight excluding hydrogens is 316 g/mol. The molecule has 5 heteroatoms. The van der Waals surface area contributed by atoms with Gasteiger partial charge in [0.05, 0.1) is 18.6 Å². The van der Waals surface area contributed by atoms with Crippen molar-refractivity contribution in [3.8, 4) is 5.88 Å². The average molecular weight is 336 g/mol. The normalized spacial score (nSPS) is 17.3. The van der Waals surface area contributed by atoms with Gasteiger partial charge in [0.15, 0.2) is 6.10 Å². The maximum absolute atomic E-state index is 12.9. The minimum atomic E-state index is -0.522. The van der Waals surface area contributed by atoms with Crippen LogP contribution in [0.15, 0.2) is 46.9 Å². The number of furan rings is 1. The van der Waals surface area contributed by atoms with E-state index in [2.05, 4.69) is 11.1 Å². The smallest absolute Gasteiger partial charge is 0.264 e. The lowest BCUT2D eigenvalue weighted by Gasteiger charge is -2.22. The second-order valence-corrected chi connectivity index (χ2v) is 6.37. The van der Waals surface area contributed by atoms with Crippen molar-refractivity contribution in [1.29, 1.82) is 0 Å². The predicted octanol–water partition coefficient (Wildman–Crippen LogP) is 3.84. The Morgan fingerprint density at radius 3 is 2.84 bits per heavy atom. The first-order chi connectivity index (χ1) is 12.1. The molecule has 1 aromatic carbocycles. The zero-order chi connectivity index (χ0) is 17.4. The van der Waals surface area contributed by atoms with Crippen LogP contribution in [0, 0.1) is 6.92 Å². The van der Waals surface area contributed by atoms with Crippen molar-refractivity contribution in [1.82, 2.24) is 9.88 Å². The van der Waals surface area contributed by atoms with Crippen LogP contribution in [0.3, 0.4) is 0 Å². The Kier molecular flexibility index (Phi) is 3.92. The van der Waals surface area contributed by atoms with Gasteiger partial charge in [0.1, 0.15) is 11.5 Å². The molecule has 1 atom stereocenters. The Morgan fingerprint density at radius 2 is 2.08 bits per heavy atom. The first-order valence-corrected chi connectivity index (χ1v) is 8.53. The maximum atomic E-state index is 12.9. The van der Waals surface area contributed by atoms with Crippen molar-refractivity contribution in [2.75, 3.05) is 0 Å². The van der Waals surface area contributed by atoms with E-state index >= 15 is 0 Å². The van der Waals surface area contributed by atoms with Crippen LogP contribution in [-0.2, 0) is 17.9 Å². The Morgan fingerprint density at radius 1 is 1.24 bits per heavy atom. The number of benzene rings is 1. The molecule has 1 amide bonds. The zero-order valence-corrected chi connectivity index (χ0v) is 14.4. The summed E-state index contributed by atoms with van der Waals surface area (Å²) in [6.07, 6.45) is 0.0754. The van der Waals surface area contributed by atoms with Crippen LogP contribution in [0.25, 0.3) is 10.9 Å². The van der Waals surface area contributed by atoms with Crippen LogP contribution >= 0.6 is 0 Å². The van der Waals surface area contributed by atoms with Gasteiger partial charge in [-0.05, 0) is 37.6 Å². The van der Waals surface area contributed by atoms with Gasteiger partial charge in [-0.2, -0.15) is 0 Å². The van der Waals surface area contributed by atoms with Crippen LogP contribution in [0.5, 0.6) is 5.88 Å². The molecule has 0 bridgehead atoms. The molecule has 1 aliphatic heterocycles. The number of nitrogens with zero attached hydrogens (tertiary/aromatic N) is 2.